The van der Waals surface area contributed by atoms with Crippen LogP contribution in [-0.4, -0.2) is 133 Å². The highest BCUT2D eigenvalue weighted by atomic mass is 16.6. The van der Waals surface area contributed by atoms with E-state index in [0.717, 1.165) is 35.2 Å². The first kappa shape index (κ1) is 56.8. The lowest BCUT2D eigenvalue weighted by Crippen LogP contribution is -2.28. The number of primary amides is 1. The van der Waals surface area contributed by atoms with Crippen LogP contribution >= 0.6 is 0 Å². The normalized spacial score (nSPS) is 12.7. The van der Waals surface area contributed by atoms with Crippen LogP contribution in [-0.2, 0) is 46.1 Å². The smallest absolute Gasteiger partial charge is 0.278 e. The minimum atomic E-state index is -0.609. The average molecular weight is 1010 g/mol. The van der Waals surface area contributed by atoms with Gasteiger partial charge in [0, 0.05) is 74.1 Å². The number of aliphatic imine (C=N–C) groups is 1. The molecule has 0 saturated carbocycles. The Kier molecular flexibility index (Phi) is 24.9. The number of azo groups is 1. The summed E-state index contributed by atoms with van der Waals surface area (Å²) < 4.78 is 32.8. The van der Waals surface area contributed by atoms with Gasteiger partial charge in [-0.3, -0.25) is 24.6 Å². The maximum atomic E-state index is 13.0. The number of phenolic OH excluding ortho intramolecular Hbond substituents is 1. The van der Waals surface area contributed by atoms with Crippen LogP contribution in [0, 0.1) is 5.41 Å². The number of amidine groups is 1. The molecule has 0 atom stereocenters. The Hall–Kier alpha value is -7.16. The molecule has 4 aromatic carbocycles. The summed E-state index contributed by atoms with van der Waals surface area (Å²) in [5.74, 6) is -0.600. The van der Waals surface area contributed by atoms with E-state index in [4.69, 9.17) is 39.6 Å². The summed E-state index contributed by atoms with van der Waals surface area (Å²) in [4.78, 5) is 56.1. The number of methoxy groups -OCH3 is 1. The highest BCUT2D eigenvalue weighted by molar-refractivity contribution is 6.13. The monoisotopic (exact) mass is 1000 g/mol. The minimum Gasteiger partial charge on any atom is -0.506 e. The molecule has 0 unspecified atom stereocenters. The number of nitrogens with zero attached hydrogens (tertiary/aromatic N) is 4. The van der Waals surface area contributed by atoms with Gasteiger partial charge in [0.2, 0.25) is 11.8 Å². The Labute approximate surface area is 426 Å². The van der Waals surface area contributed by atoms with Crippen molar-refractivity contribution in [3.05, 3.63) is 124 Å². The number of nitrogens with one attached hydrogen (secondary N) is 3. The molecule has 73 heavy (non-hydrogen) atoms. The topological polar surface area (TPSA) is 258 Å². The number of benzene rings is 4. The minimum absolute atomic E-state index is 0.0134. The quantitative estimate of drug-likeness (QED) is 0.0104. The van der Waals surface area contributed by atoms with E-state index in [1.807, 2.05) is 29.2 Å². The van der Waals surface area contributed by atoms with Crippen molar-refractivity contribution >= 4 is 58.5 Å². The van der Waals surface area contributed by atoms with Gasteiger partial charge in [-0.15, -0.1) is 5.11 Å². The van der Waals surface area contributed by atoms with Crippen LogP contribution in [0.1, 0.15) is 86.8 Å². The number of carbonyl (C=O) groups excluding carboxylic acids is 4. The number of aromatic hydroxyl groups is 1. The molecule has 6 N–H and O–H groups in total. The maximum absolute atomic E-state index is 13.0. The number of anilines is 1. The van der Waals surface area contributed by atoms with Crippen molar-refractivity contribution < 1.29 is 52.7 Å². The van der Waals surface area contributed by atoms with Crippen molar-refractivity contribution in [2.75, 3.05) is 97.7 Å². The molecule has 19 nitrogen and oxygen atoms in total. The predicted molar refractivity (Wildman–Crippen MR) is 279 cm³/mol. The molecule has 0 saturated heterocycles. The average Bonchev–Trinajstić information content (AvgIpc) is 3.73. The zero-order valence-electron chi connectivity index (χ0n) is 41.8. The van der Waals surface area contributed by atoms with Gasteiger partial charge in [0.15, 0.2) is 5.90 Å². The Morgan fingerprint density at radius 1 is 0.740 bits per heavy atom. The van der Waals surface area contributed by atoms with E-state index < -0.39 is 11.8 Å². The standard InChI is InChI=1S/C54H68N8O11/c1-3-24-62-47-19-12-40(35-44(47)38-50(62)59-54(67)43-10-5-9-42(37-43)52(56)65)14-21-51(64)57-22-6-25-69-27-29-71-31-33-73-34-32-72-30-28-70-26-7-23-58-53(66)41-15-17-45(18-16-41)60-61-46-36-39(13-20-48(46)63)8-4-11-49(55)68-2/h5,9-10,12-21,35-37,55,63H,3-4,6-8,11,22-34,38H2,1-2H3,(H2,56,65)(H,57,64)(H,58,66)/b21-14+,55-49?,59-50?,61-60?. The summed E-state index contributed by atoms with van der Waals surface area (Å²) in [6, 6.07) is 24.0. The molecule has 0 aromatic heterocycles. The Balaban J connectivity index is 0.806. The lowest BCUT2D eigenvalue weighted by atomic mass is 10.1. The number of ether oxygens (including phenoxy) is 6. The first-order valence-electron chi connectivity index (χ1n) is 24.5. The van der Waals surface area contributed by atoms with Crippen molar-refractivity contribution in [3.63, 3.8) is 0 Å². The first-order chi connectivity index (χ1) is 35.5. The van der Waals surface area contributed by atoms with Crippen LogP contribution < -0.4 is 21.3 Å². The summed E-state index contributed by atoms with van der Waals surface area (Å²) in [6.07, 6.45) is 7.83. The second-order valence-electron chi connectivity index (χ2n) is 16.7. The molecule has 0 radical (unpaired) electrons. The SMILES string of the molecule is CCCN1C(=NC(=O)c2cccc(C(N)=O)c2)Cc2cc(/C=C/C(=O)NCCCOCCOCCOCCOCCOCCCNC(=O)c3ccc(N=Nc4cc(CCCC(=N)OC)ccc4O)cc3)ccc21. The molecule has 390 valence electrons. The van der Waals surface area contributed by atoms with Gasteiger partial charge in [-0.25, -0.2) is 0 Å². The van der Waals surface area contributed by atoms with Crippen molar-refractivity contribution in [1.29, 1.82) is 5.41 Å². The number of aryl methyl sites for hydroxylation is 1. The lowest BCUT2D eigenvalue weighted by molar-refractivity contribution is -0.116. The number of amides is 4. The number of hydrogen-bond acceptors (Lipinski definition) is 14. The molecular formula is C54H68N8O11. The van der Waals surface area contributed by atoms with Crippen LogP contribution in [0.25, 0.3) is 6.08 Å². The van der Waals surface area contributed by atoms with Crippen LogP contribution in [0.15, 0.2) is 106 Å². The highest BCUT2D eigenvalue weighted by Gasteiger charge is 2.26. The van der Waals surface area contributed by atoms with Crippen LogP contribution in [0.4, 0.5) is 17.1 Å². The number of nitrogens with two attached hydrogens (primary N) is 1. The summed E-state index contributed by atoms with van der Waals surface area (Å²) in [6.45, 7) is 8.06. The molecule has 0 fully saturated rings. The van der Waals surface area contributed by atoms with E-state index in [-0.39, 0.29) is 29.0 Å². The second kappa shape index (κ2) is 32.0. The molecule has 5 rings (SSSR count). The molecule has 4 amide bonds. The van der Waals surface area contributed by atoms with Gasteiger partial charge in [0.05, 0.1) is 65.7 Å². The first-order valence-corrected chi connectivity index (χ1v) is 24.5. The van der Waals surface area contributed by atoms with Crippen molar-refractivity contribution in [3.8, 4) is 5.75 Å². The van der Waals surface area contributed by atoms with E-state index in [1.165, 1.54) is 19.3 Å². The van der Waals surface area contributed by atoms with Crippen LogP contribution in [0.3, 0.4) is 0 Å². The van der Waals surface area contributed by atoms with Crippen LogP contribution in [0.2, 0.25) is 0 Å². The third kappa shape index (κ3) is 20.5. The number of rotatable bonds is 33. The molecule has 1 heterocycles. The van der Waals surface area contributed by atoms with Gasteiger partial charge in [-0.05, 0) is 122 Å². The number of phenols is 1. The molecule has 0 bridgehead atoms. The van der Waals surface area contributed by atoms with E-state index >= 15 is 0 Å². The van der Waals surface area contributed by atoms with Gasteiger partial charge in [0.25, 0.3) is 11.8 Å². The van der Waals surface area contributed by atoms with Gasteiger partial charge in [-0.1, -0.05) is 25.1 Å². The van der Waals surface area contributed by atoms with E-state index in [2.05, 4.69) is 32.8 Å². The zero-order chi connectivity index (χ0) is 52.0. The summed E-state index contributed by atoms with van der Waals surface area (Å²) in [5, 5.41) is 32.0. The maximum Gasteiger partial charge on any atom is 0.278 e. The van der Waals surface area contributed by atoms with Crippen molar-refractivity contribution in [2.24, 2.45) is 21.0 Å². The summed E-state index contributed by atoms with van der Waals surface area (Å²) in [5.41, 5.74) is 11.1. The fourth-order valence-electron chi connectivity index (χ4n) is 7.31. The van der Waals surface area contributed by atoms with Crippen molar-refractivity contribution in [2.45, 2.75) is 51.9 Å². The molecular weight excluding hydrogens is 937 g/mol. The molecule has 4 aromatic rings. The second-order valence-corrected chi connectivity index (χ2v) is 16.7. The van der Waals surface area contributed by atoms with E-state index in [0.29, 0.717) is 146 Å². The van der Waals surface area contributed by atoms with E-state index in [1.54, 1.807) is 60.7 Å². The summed E-state index contributed by atoms with van der Waals surface area (Å²) in [7, 11) is 1.48. The Bertz CT molecular complexity index is 2510. The van der Waals surface area contributed by atoms with Gasteiger partial charge in [-0.2, -0.15) is 10.1 Å². The molecule has 0 spiro atoms. The fourth-order valence-corrected chi connectivity index (χ4v) is 7.31. The fraction of sp³-hybridized carbons (Fsp3) is 0.407. The van der Waals surface area contributed by atoms with Crippen LogP contribution in [0.5, 0.6) is 5.75 Å². The Morgan fingerprint density at radius 3 is 2.03 bits per heavy atom. The molecule has 19 heteroatoms. The predicted octanol–water partition coefficient (Wildman–Crippen LogP) is 7.29. The number of fused-ring (bicyclic) bond motifs is 1. The largest absolute Gasteiger partial charge is 0.506 e. The van der Waals surface area contributed by atoms with E-state index in [9.17, 15) is 24.3 Å². The van der Waals surface area contributed by atoms with Gasteiger partial charge < -0.3 is 54.8 Å². The Morgan fingerprint density at radius 2 is 1.38 bits per heavy atom. The zero-order valence-corrected chi connectivity index (χ0v) is 41.8. The molecule has 1 aliphatic rings. The van der Waals surface area contributed by atoms with Crippen molar-refractivity contribution in [1.82, 2.24) is 10.6 Å². The highest BCUT2D eigenvalue weighted by Crippen LogP contribution is 2.32. The molecule has 1 aliphatic heterocycles. The lowest BCUT2D eigenvalue weighted by Gasteiger charge is -2.19. The molecule has 0 aliphatic carbocycles. The third-order valence-corrected chi connectivity index (χ3v) is 11.1. The third-order valence-electron chi connectivity index (χ3n) is 11.1. The number of hydrogen-bond donors (Lipinski definition) is 5. The van der Waals surface area contributed by atoms with Gasteiger partial charge >= 0.3 is 0 Å². The summed E-state index contributed by atoms with van der Waals surface area (Å²) >= 11 is 0. The number of carbonyl (C=O) groups is 4. The van der Waals surface area contributed by atoms with Gasteiger partial charge in [0.1, 0.15) is 17.3 Å².